The molecule has 0 aliphatic heterocycles. The number of aromatic nitrogens is 1. The lowest BCUT2D eigenvalue weighted by atomic mass is 10.1. The Bertz CT molecular complexity index is 823. The van der Waals surface area contributed by atoms with Gasteiger partial charge in [-0.05, 0) is 54.4 Å². The number of aliphatic hydroxyl groups excluding tert-OH is 1. The summed E-state index contributed by atoms with van der Waals surface area (Å²) in [6.45, 7) is 1.87. The highest BCUT2D eigenvalue weighted by molar-refractivity contribution is 6.05. The number of aryl methyl sites for hydroxylation is 1. The average molecular weight is 306 g/mol. The van der Waals surface area contributed by atoms with Crippen molar-refractivity contribution in [1.29, 1.82) is 0 Å². The van der Waals surface area contributed by atoms with Gasteiger partial charge in [-0.3, -0.25) is 4.79 Å². The molecule has 4 heteroatoms. The topological polar surface area (TPSA) is 54.3 Å². The number of aliphatic hydroxyl groups is 1. The number of hydrogen-bond donors (Lipinski definition) is 2. The molecule has 2 N–H and O–H groups in total. The predicted molar refractivity (Wildman–Crippen MR) is 90.8 cm³/mol. The zero-order chi connectivity index (χ0) is 16.2. The van der Waals surface area contributed by atoms with E-state index in [2.05, 4.69) is 5.32 Å². The maximum absolute atomic E-state index is 12.5. The number of benzene rings is 2. The zero-order valence-corrected chi connectivity index (χ0v) is 12.9. The first-order valence-electron chi connectivity index (χ1n) is 7.42. The number of anilines is 1. The fraction of sp³-hybridized carbons (Fsp3) is 0.105. The van der Waals surface area contributed by atoms with Gasteiger partial charge in [-0.1, -0.05) is 18.2 Å². The van der Waals surface area contributed by atoms with Crippen LogP contribution in [0.4, 0.5) is 5.69 Å². The average Bonchev–Trinajstić information content (AvgIpc) is 3.11. The molecule has 0 fully saturated rings. The molecule has 0 radical (unpaired) electrons. The Labute approximate surface area is 135 Å². The fourth-order valence-electron chi connectivity index (χ4n) is 2.41. The van der Waals surface area contributed by atoms with E-state index < -0.39 is 0 Å². The summed E-state index contributed by atoms with van der Waals surface area (Å²) in [6.07, 6.45) is 3.87. The Morgan fingerprint density at radius 1 is 1.09 bits per heavy atom. The molecule has 23 heavy (non-hydrogen) atoms. The lowest BCUT2D eigenvalue weighted by molar-refractivity contribution is 0.102. The Kier molecular flexibility index (Phi) is 4.26. The lowest BCUT2D eigenvalue weighted by Gasteiger charge is -2.11. The summed E-state index contributed by atoms with van der Waals surface area (Å²) in [5.74, 6) is -0.169. The normalized spacial score (nSPS) is 10.5. The minimum atomic E-state index is -0.169. The second-order valence-corrected chi connectivity index (χ2v) is 5.40. The molecular weight excluding hydrogens is 288 g/mol. The van der Waals surface area contributed by atoms with E-state index in [1.165, 1.54) is 0 Å². The molecule has 0 aliphatic rings. The molecule has 3 aromatic rings. The fourth-order valence-corrected chi connectivity index (χ4v) is 2.41. The Morgan fingerprint density at radius 2 is 1.87 bits per heavy atom. The first-order valence-corrected chi connectivity index (χ1v) is 7.42. The molecule has 1 amide bonds. The highest BCUT2D eigenvalue weighted by Crippen LogP contribution is 2.19. The molecule has 3 rings (SSSR count). The van der Waals surface area contributed by atoms with Crippen molar-refractivity contribution < 1.29 is 9.90 Å². The molecule has 2 aromatic carbocycles. The van der Waals surface area contributed by atoms with Crippen LogP contribution in [0.5, 0.6) is 0 Å². The quantitative estimate of drug-likeness (QED) is 0.775. The van der Waals surface area contributed by atoms with Gasteiger partial charge >= 0.3 is 0 Å². The summed E-state index contributed by atoms with van der Waals surface area (Å²) in [5, 5.41) is 12.1. The van der Waals surface area contributed by atoms with Gasteiger partial charge in [0.05, 0.1) is 6.61 Å². The van der Waals surface area contributed by atoms with Gasteiger partial charge in [0.1, 0.15) is 0 Å². The Hall–Kier alpha value is -2.85. The van der Waals surface area contributed by atoms with Crippen LogP contribution in [0.1, 0.15) is 21.5 Å². The van der Waals surface area contributed by atoms with Crippen LogP contribution in [0.3, 0.4) is 0 Å². The molecule has 0 saturated heterocycles. The highest BCUT2D eigenvalue weighted by atomic mass is 16.3. The van der Waals surface area contributed by atoms with Gasteiger partial charge < -0.3 is 15.0 Å². The molecule has 0 unspecified atom stereocenters. The van der Waals surface area contributed by atoms with Gasteiger partial charge in [-0.2, -0.15) is 0 Å². The number of rotatable bonds is 4. The summed E-state index contributed by atoms with van der Waals surface area (Å²) >= 11 is 0. The van der Waals surface area contributed by atoms with Crippen LogP contribution in [0.2, 0.25) is 0 Å². The molecule has 0 atom stereocenters. The SMILES string of the molecule is Cc1ccc(CO)cc1NC(=O)c1cccc(-n2cccc2)c1. The zero-order valence-electron chi connectivity index (χ0n) is 12.9. The van der Waals surface area contributed by atoms with Gasteiger partial charge in [0, 0.05) is 29.3 Å². The van der Waals surface area contributed by atoms with Gasteiger partial charge in [0.15, 0.2) is 0 Å². The maximum atomic E-state index is 12.5. The van der Waals surface area contributed by atoms with Crippen LogP contribution in [0.15, 0.2) is 67.0 Å². The third-order valence-electron chi connectivity index (χ3n) is 3.74. The number of hydrogen-bond acceptors (Lipinski definition) is 2. The van der Waals surface area contributed by atoms with E-state index in [0.29, 0.717) is 11.3 Å². The summed E-state index contributed by atoms with van der Waals surface area (Å²) in [4.78, 5) is 12.5. The standard InChI is InChI=1S/C19H18N2O2/c1-14-7-8-15(13-22)11-18(14)20-19(23)16-5-4-6-17(12-16)21-9-2-3-10-21/h2-12,22H,13H2,1H3,(H,20,23). The largest absolute Gasteiger partial charge is 0.392 e. The van der Waals surface area contributed by atoms with E-state index in [4.69, 9.17) is 0 Å². The van der Waals surface area contributed by atoms with E-state index in [1.54, 1.807) is 12.1 Å². The van der Waals surface area contributed by atoms with Crippen molar-refractivity contribution in [2.45, 2.75) is 13.5 Å². The minimum absolute atomic E-state index is 0.0493. The predicted octanol–water partition coefficient (Wildman–Crippen LogP) is 3.53. The van der Waals surface area contributed by atoms with E-state index in [9.17, 15) is 9.90 Å². The summed E-state index contributed by atoms with van der Waals surface area (Å²) in [6, 6.07) is 16.9. The third kappa shape index (κ3) is 3.33. The number of nitrogens with zero attached hydrogens (tertiary/aromatic N) is 1. The number of carbonyl (C=O) groups excluding carboxylic acids is 1. The number of carbonyl (C=O) groups is 1. The monoisotopic (exact) mass is 306 g/mol. The van der Waals surface area contributed by atoms with Crippen LogP contribution in [0.25, 0.3) is 5.69 Å². The van der Waals surface area contributed by atoms with Gasteiger partial charge in [-0.15, -0.1) is 0 Å². The van der Waals surface area contributed by atoms with E-state index in [1.807, 2.05) is 66.3 Å². The van der Waals surface area contributed by atoms with Crippen molar-refractivity contribution in [3.63, 3.8) is 0 Å². The summed E-state index contributed by atoms with van der Waals surface area (Å²) in [5.41, 5.74) is 3.96. The second-order valence-electron chi connectivity index (χ2n) is 5.40. The Balaban J connectivity index is 1.85. The number of amides is 1. The van der Waals surface area contributed by atoms with Crippen LogP contribution in [-0.2, 0) is 6.61 Å². The lowest BCUT2D eigenvalue weighted by Crippen LogP contribution is -2.13. The van der Waals surface area contributed by atoms with Gasteiger partial charge in [0.2, 0.25) is 0 Å². The van der Waals surface area contributed by atoms with Crippen LogP contribution >= 0.6 is 0 Å². The van der Waals surface area contributed by atoms with E-state index >= 15 is 0 Å². The summed E-state index contributed by atoms with van der Waals surface area (Å²) < 4.78 is 1.95. The number of nitrogens with one attached hydrogen (secondary N) is 1. The van der Waals surface area contributed by atoms with Crippen molar-refractivity contribution in [3.8, 4) is 5.69 Å². The van der Waals surface area contributed by atoms with Crippen LogP contribution in [-0.4, -0.2) is 15.6 Å². The molecule has 1 heterocycles. The van der Waals surface area contributed by atoms with Crippen LogP contribution in [0, 0.1) is 6.92 Å². The van der Waals surface area contributed by atoms with E-state index in [-0.39, 0.29) is 12.5 Å². The Morgan fingerprint density at radius 3 is 2.61 bits per heavy atom. The maximum Gasteiger partial charge on any atom is 0.255 e. The summed E-state index contributed by atoms with van der Waals surface area (Å²) in [7, 11) is 0. The smallest absolute Gasteiger partial charge is 0.255 e. The van der Waals surface area contributed by atoms with E-state index in [0.717, 1.165) is 16.8 Å². The third-order valence-corrected chi connectivity index (χ3v) is 3.74. The highest BCUT2D eigenvalue weighted by Gasteiger charge is 2.09. The molecule has 0 aliphatic carbocycles. The minimum Gasteiger partial charge on any atom is -0.392 e. The molecular formula is C19H18N2O2. The van der Waals surface area contributed by atoms with Crippen molar-refractivity contribution in [1.82, 2.24) is 4.57 Å². The van der Waals surface area contributed by atoms with Gasteiger partial charge in [-0.25, -0.2) is 0 Å². The van der Waals surface area contributed by atoms with Crippen molar-refractivity contribution in [2.24, 2.45) is 0 Å². The first kappa shape index (κ1) is 15.1. The molecule has 0 spiro atoms. The van der Waals surface area contributed by atoms with Gasteiger partial charge in [0.25, 0.3) is 5.91 Å². The second kappa shape index (κ2) is 6.50. The van der Waals surface area contributed by atoms with Crippen molar-refractivity contribution >= 4 is 11.6 Å². The molecule has 1 aromatic heterocycles. The van der Waals surface area contributed by atoms with Crippen LogP contribution < -0.4 is 5.32 Å². The molecule has 4 nitrogen and oxygen atoms in total. The molecule has 0 bridgehead atoms. The van der Waals surface area contributed by atoms with Crippen molar-refractivity contribution in [2.75, 3.05) is 5.32 Å². The molecule has 0 saturated carbocycles. The first-order chi connectivity index (χ1) is 11.2. The molecule has 116 valence electrons. The van der Waals surface area contributed by atoms with Crippen molar-refractivity contribution in [3.05, 3.63) is 83.7 Å².